The summed E-state index contributed by atoms with van der Waals surface area (Å²) in [6.45, 7) is 4.38. The minimum atomic E-state index is -1.43. The lowest BCUT2D eigenvalue weighted by atomic mass is 10.1. The van der Waals surface area contributed by atoms with Crippen molar-refractivity contribution in [3.8, 4) is 0 Å². The van der Waals surface area contributed by atoms with Gasteiger partial charge in [-0.3, -0.25) is 9.36 Å². The Hall–Kier alpha value is -3.03. The molecule has 2 fully saturated rings. The molecule has 1 saturated heterocycles. The topological polar surface area (TPSA) is 178 Å². The van der Waals surface area contributed by atoms with E-state index in [2.05, 4.69) is 20.3 Å². The van der Waals surface area contributed by atoms with Gasteiger partial charge in [-0.1, -0.05) is 13.8 Å². The van der Waals surface area contributed by atoms with Crippen LogP contribution in [0.1, 0.15) is 38.7 Å². The molecule has 0 aromatic carbocycles. The van der Waals surface area contributed by atoms with Crippen molar-refractivity contribution in [1.82, 2.24) is 29.7 Å². The molecule has 5 N–H and O–H groups in total. The molecule has 180 valence electrons. The maximum atomic E-state index is 12.4. The van der Waals surface area contributed by atoms with Crippen LogP contribution in [0, 0.1) is 5.92 Å². The summed E-state index contributed by atoms with van der Waals surface area (Å²) in [5.41, 5.74) is 6.58. The molecular weight excluding hydrogens is 434 g/mol. The minimum absolute atomic E-state index is 0.0410. The molecule has 2 aromatic heterocycles. The zero-order chi connectivity index (χ0) is 23.9. The predicted molar refractivity (Wildman–Crippen MR) is 114 cm³/mol. The van der Waals surface area contributed by atoms with Gasteiger partial charge in [0.2, 0.25) is 0 Å². The second kappa shape index (κ2) is 9.08. The summed E-state index contributed by atoms with van der Waals surface area (Å²) in [6, 6.07) is 0.0808. The van der Waals surface area contributed by atoms with Gasteiger partial charge in [0.15, 0.2) is 29.6 Å². The van der Waals surface area contributed by atoms with Gasteiger partial charge in [-0.25, -0.2) is 19.7 Å². The summed E-state index contributed by atoms with van der Waals surface area (Å²) in [5.74, 6) is 0.0224. The number of nitrogens with zero attached hydrogens (tertiary/aromatic N) is 5. The number of aliphatic hydroxyl groups is 2. The number of ether oxygens (including phenoxy) is 2. The van der Waals surface area contributed by atoms with Crippen LogP contribution < -0.4 is 11.1 Å². The second-order valence-corrected chi connectivity index (χ2v) is 8.80. The number of methoxy groups -OCH3 is 1. The summed E-state index contributed by atoms with van der Waals surface area (Å²) < 4.78 is 12.0. The molecule has 1 aliphatic heterocycles. The first-order valence-electron chi connectivity index (χ1n) is 10.8. The molecule has 2 unspecified atom stereocenters. The Morgan fingerprint density at radius 2 is 2.06 bits per heavy atom. The van der Waals surface area contributed by atoms with Gasteiger partial charge in [-0.15, -0.1) is 0 Å². The third-order valence-corrected chi connectivity index (χ3v) is 5.54. The minimum Gasteiger partial charge on any atom is -0.453 e. The van der Waals surface area contributed by atoms with E-state index in [4.69, 9.17) is 15.2 Å². The number of hydrogen-bond donors (Lipinski definition) is 4. The summed E-state index contributed by atoms with van der Waals surface area (Å²) >= 11 is 0. The normalized spacial score (nSPS) is 24.9. The number of amides is 2. The Bertz CT molecular complexity index is 1040. The van der Waals surface area contributed by atoms with Gasteiger partial charge < -0.3 is 35.6 Å². The number of aromatic nitrogens is 4. The Kier molecular flexibility index (Phi) is 6.36. The molecule has 13 nitrogen and oxygen atoms in total. The molecule has 4 rings (SSSR count). The number of imidazole rings is 1. The average molecular weight is 463 g/mol. The third-order valence-electron chi connectivity index (χ3n) is 5.54. The molecule has 33 heavy (non-hydrogen) atoms. The van der Waals surface area contributed by atoms with Crippen molar-refractivity contribution in [2.24, 2.45) is 5.92 Å². The number of carbonyl (C=O) groups is 2. The Balaban J connectivity index is 1.61. The van der Waals surface area contributed by atoms with Crippen LogP contribution in [0.4, 0.5) is 10.6 Å². The van der Waals surface area contributed by atoms with Crippen LogP contribution in [0.5, 0.6) is 0 Å². The van der Waals surface area contributed by atoms with Crippen molar-refractivity contribution in [3.63, 3.8) is 0 Å². The average Bonchev–Trinajstić information content (AvgIpc) is 3.40. The fraction of sp³-hybridized carbons (Fsp3) is 0.650. The van der Waals surface area contributed by atoms with Crippen LogP contribution in [0.25, 0.3) is 11.2 Å². The second-order valence-electron chi connectivity index (χ2n) is 8.80. The Morgan fingerprint density at radius 1 is 1.33 bits per heavy atom. The first-order chi connectivity index (χ1) is 15.7. The van der Waals surface area contributed by atoms with Crippen molar-refractivity contribution in [3.05, 3.63) is 12.2 Å². The van der Waals surface area contributed by atoms with Crippen LogP contribution in [0.15, 0.2) is 6.33 Å². The van der Waals surface area contributed by atoms with Crippen molar-refractivity contribution in [1.29, 1.82) is 0 Å². The predicted octanol–water partition coefficient (Wildman–Crippen LogP) is -0.469. The highest BCUT2D eigenvalue weighted by molar-refractivity contribution is 5.83. The molecule has 1 saturated carbocycles. The number of hydrogen-bond acceptors (Lipinski definition) is 10. The lowest BCUT2D eigenvalue weighted by molar-refractivity contribution is -0.137. The Morgan fingerprint density at radius 3 is 2.70 bits per heavy atom. The van der Waals surface area contributed by atoms with Crippen LogP contribution in [-0.2, 0) is 20.8 Å². The van der Waals surface area contributed by atoms with E-state index in [9.17, 15) is 19.8 Å². The number of anilines is 1. The number of carbonyl (C=O) groups excluding carboxylic acids is 2. The van der Waals surface area contributed by atoms with Crippen molar-refractivity contribution >= 4 is 29.0 Å². The van der Waals surface area contributed by atoms with Crippen LogP contribution >= 0.6 is 0 Å². The summed E-state index contributed by atoms with van der Waals surface area (Å²) in [4.78, 5) is 39.0. The van der Waals surface area contributed by atoms with E-state index in [1.165, 1.54) is 22.9 Å². The molecule has 1 aliphatic carbocycles. The van der Waals surface area contributed by atoms with Crippen LogP contribution in [-0.4, -0.2) is 84.6 Å². The van der Waals surface area contributed by atoms with Crippen LogP contribution in [0.3, 0.4) is 0 Å². The van der Waals surface area contributed by atoms with E-state index in [1.807, 2.05) is 13.8 Å². The van der Waals surface area contributed by atoms with Gasteiger partial charge in [0.05, 0.1) is 20.0 Å². The van der Waals surface area contributed by atoms with Gasteiger partial charge in [0.25, 0.3) is 5.91 Å². The number of fused-ring (bicyclic) bond motifs is 1. The standard InChI is InChI=1S/C20H29N7O6/c1-9(2)6-26(20(31)32-3)7-11-24-16(21)12-17(25-11)27(8-22-12)19-14(29)13(28)15(33-19)18(30)23-10-4-5-10/h8-10,13-15,19,28-29H,4-7H2,1-3H3,(H,23,30)(H2,21,24,25)/t13?,14?,15-,19+/m0/s1. The largest absolute Gasteiger partial charge is 0.453 e. The molecule has 4 atom stereocenters. The van der Waals surface area contributed by atoms with Gasteiger partial charge in [0.1, 0.15) is 17.7 Å². The molecule has 0 spiro atoms. The van der Waals surface area contributed by atoms with E-state index in [-0.39, 0.29) is 41.3 Å². The van der Waals surface area contributed by atoms with E-state index in [0.717, 1.165) is 12.8 Å². The van der Waals surface area contributed by atoms with Crippen molar-refractivity contribution in [2.75, 3.05) is 19.4 Å². The molecule has 3 heterocycles. The lowest BCUT2D eigenvalue weighted by Crippen LogP contribution is -2.43. The number of nitrogens with one attached hydrogen (secondary N) is 1. The lowest BCUT2D eigenvalue weighted by Gasteiger charge is -2.22. The highest BCUT2D eigenvalue weighted by Gasteiger charge is 2.48. The van der Waals surface area contributed by atoms with Gasteiger partial charge in [-0.05, 0) is 18.8 Å². The zero-order valence-corrected chi connectivity index (χ0v) is 18.7. The molecule has 13 heteroatoms. The third kappa shape index (κ3) is 4.70. The van der Waals surface area contributed by atoms with E-state index < -0.39 is 36.5 Å². The van der Waals surface area contributed by atoms with Gasteiger partial charge >= 0.3 is 6.09 Å². The molecule has 2 aliphatic rings. The number of aliphatic hydroxyl groups excluding tert-OH is 2. The van der Waals surface area contributed by atoms with E-state index >= 15 is 0 Å². The first-order valence-corrected chi connectivity index (χ1v) is 10.8. The van der Waals surface area contributed by atoms with Crippen LogP contribution in [0.2, 0.25) is 0 Å². The summed E-state index contributed by atoms with van der Waals surface area (Å²) in [7, 11) is 1.29. The van der Waals surface area contributed by atoms with Gasteiger partial charge in [-0.2, -0.15) is 0 Å². The van der Waals surface area contributed by atoms with Gasteiger partial charge in [0, 0.05) is 12.6 Å². The SMILES string of the molecule is COC(=O)N(Cc1nc(N)c2ncn([C@@H]3O[C@H](C(=O)NC4CC4)C(O)C3O)c2n1)CC(C)C. The highest BCUT2D eigenvalue weighted by Crippen LogP contribution is 2.33. The molecule has 2 aromatic rings. The first kappa shape index (κ1) is 23.1. The summed E-state index contributed by atoms with van der Waals surface area (Å²) in [5, 5.41) is 23.8. The molecule has 2 amide bonds. The number of nitrogens with two attached hydrogens (primary N) is 1. The zero-order valence-electron chi connectivity index (χ0n) is 18.7. The number of nitrogen functional groups attached to an aromatic ring is 1. The Labute approximate surface area is 189 Å². The smallest absolute Gasteiger partial charge is 0.409 e. The monoisotopic (exact) mass is 463 g/mol. The highest BCUT2D eigenvalue weighted by atomic mass is 16.6. The van der Waals surface area contributed by atoms with Crippen molar-refractivity contribution < 1.29 is 29.3 Å². The fourth-order valence-corrected chi connectivity index (χ4v) is 3.80. The summed E-state index contributed by atoms with van der Waals surface area (Å²) in [6.07, 6.45) is -2.59. The number of rotatable bonds is 7. The van der Waals surface area contributed by atoms with E-state index in [1.54, 1.807) is 0 Å². The van der Waals surface area contributed by atoms with Crippen molar-refractivity contribution in [2.45, 2.75) is 63.8 Å². The maximum absolute atomic E-state index is 12.4. The molecular formula is C20H29N7O6. The molecule has 0 radical (unpaired) electrons. The molecule has 0 bridgehead atoms. The fourth-order valence-electron chi connectivity index (χ4n) is 3.80. The quantitative estimate of drug-likeness (QED) is 0.419. The maximum Gasteiger partial charge on any atom is 0.409 e. The van der Waals surface area contributed by atoms with E-state index in [0.29, 0.717) is 6.54 Å².